The van der Waals surface area contributed by atoms with Gasteiger partial charge < -0.3 is 4.74 Å². The molecule has 0 amide bonds. The van der Waals surface area contributed by atoms with Gasteiger partial charge in [0.15, 0.2) is 0 Å². The average Bonchev–Trinajstić information content (AvgIpc) is 3.16. The number of esters is 1. The normalized spacial score (nSPS) is 14.7. The van der Waals surface area contributed by atoms with Crippen LogP contribution in [0.25, 0.3) is 0 Å². The number of carbonyl (C=O) groups excluding carboxylic acids is 1. The Bertz CT molecular complexity index is 209. The molecule has 0 aromatic rings. The van der Waals surface area contributed by atoms with Gasteiger partial charge in [-0.2, -0.15) is 0 Å². The molecule has 0 heterocycles. The summed E-state index contributed by atoms with van der Waals surface area (Å²) in [6, 6.07) is 0. The first kappa shape index (κ1) is 15.5. The molecule has 1 aliphatic rings. The molecule has 1 aliphatic carbocycles. The predicted octanol–water partition coefficient (Wildman–Crippen LogP) is 4.86. The summed E-state index contributed by atoms with van der Waals surface area (Å²) in [6.45, 7) is 2.63. The van der Waals surface area contributed by atoms with Crippen molar-refractivity contribution < 1.29 is 9.53 Å². The van der Waals surface area contributed by atoms with Gasteiger partial charge in [0.1, 0.15) is 0 Å². The minimum absolute atomic E-state index is 0.0300. The third-order valence-corrected chi connectivity index (χ3v) is 3.67. The summed E-state index contributed by atoms with van der Waals surface area (Å²) in [5.74, 6) is 1.07. The molecule has 18 heavy (non-hydrogen) atoms. The van der Waals surface area contributed by atoms with Crippen LogP contribution in [0.1, 0.15) is 84.0 Å². The van der Waals surface area contributed by atoms with Crippen molar-refractivity contribution in [3.8, 4) is 0 Å². The lowest BCUT2D eigenvalue weighted by molar-refractivity contribution is -0.143. The molecule has 0 bridgehead atoms. The molecule has 1 fully saturated rings. The van der Waals surface area contributed by atoms with Crippen LogP contribution in [-0.4, -0.2) is 12.6 Å². The van der Waals surface area contributed by atoms with Gasteiger partial charge in [0.25, 0.3) is 0 Å². The molecule has 0 radical (unpaired) electrons. The van der Waals surface area contributed by atoms with Crippen molar-refractivity contribution in [2.45, 2.75) is 84.0 Å². The van der Waals surface area contributed by atoms with Gasteiger partial charge in [-0.05, 0) is 18.8 Å². The van der Waals surface area contributed by atoms with E-state index in [2.05, 4.69) is 0 Å². The van der Waals surface area contributed by atoms with Crippen LogP contribution in [0.15, 0.2) is 0 Å². The first-order valence-corrected chi connectivity index (χ1v) is 7.98. The zero-order valence-corrected chi connectivity index (χ0v) is 12.1. The Hall–Kier alpha value is -0.530. The lowest BCUT2D eigenvalue weighted by Crippen LogP contribution is -2.04. The molecule has 106 valence electrons. The highest BCUT2D eigenvalue weighted by Gasteiger charge is 2.19. The highest BCUT2D eigenvalue weighted by molar-refractivity contribution is 5.69. The van der Waals surface area contributed by atoms with E-state index < -0.39 is 0 Å². The minimum Gasteiger partial charge on any atom is -0.466 e. The average molecular weight is 254 g/mol. The van der Waals surface area contributed by atoms with Crippen molar-refractivity contribution in [3.05, 3.63) is 0 Å². The summed E-state index contributed by atoms with van der Waals surface area (Å²) < 4.78 is 5.12. The number of carbonyl (C=O) groups is 1. The summed E-state index contributed by atoms with van der Waals surface area (Å²) in [5.41, 5.74) is 0. The maximum Gasteiger partial charge on any atom is 0.305 e. The molecule has 0 aromatic heterocycles. The zero-order valence-electron chi connectivity index (χ0n) is 12.1. The molecule has 0 atom stereocenters. The maximum absolute atomic E-state index is 11.1. The lowest BCUT2D eigenvalue weighted by atomic mass is 10.1. The Morgan fingerprint density at radius 2 is 1.61 bits per heavy atom. The van der Waals surface area contributed by atoms with Gasteiger partial charge >= 0.3 is 5.97 Å². The van der Waals surface area contributed by atoms with Crippen LogP contribution in [0, 0.1) is 5.92 Å². The Morgan fingerprint density at radius 3 is 2.22 bits per heavy atom. The second-order valence-corrected chi connectivity index (χ2v) is 5.68. The fourth-order valence-corrected chi connectivity index (χ4v) is 2.29. The van der Waals surface area contributed by atoms with Crippen LogP contribution in [0.5, 0.6) is 0 Å². The predicted molar refractivity (Wildman–Crippen MR) is 75.5 cm³/mol. The molecule has 2 nitrogen and oxygen atoms in total. The standard InChI is InChI=1S/C16H30O2/c1-2-10-16(17)18-14-9-7-5-3-4-6-8-11-15-12-13-15/h15H,2-14H2,1H3. The van der Waals surface area contributed by atoms with E-state index in [1.165, 1.54) is 57.8 Å². The molecule has 0 saturated heterocycles. The van der Waals surface area contributed by atoms with E-state index in [0.717, 1.165) is 18.8 Å². The molecule has 2 heteroatoms. The van der Waals surface area contributed by atoms with Crippen LogP contribution in [0.4, 0.5) is 0 Å². The van der Waals surface area contributed by atoms with Crippen molar-refractivity contribution >= 4 is 5.97 Å². The van der Waals surface area contributed by atoms with Crippen molar-refractivity contribution in [2.24, 2.45) is 5.92 Å². The molecule has 0 aromatic carbocycles. The van der Waals surface area contributed by atoms with E-state index >= 15 is 0 Å². The fourth-order valence-electron chi connectivity index (χ4n) is 2.29. The fraction of sp³-hybridized carbons (Fsp3) is 0.938. The Balaban J connectivity index is 1.68. The smallest absolute Gasteiger partial charge is 0.305 e. The number of rotatable bonds is 12. The topological polar surface area (TPSA) is 26.3 Å². The summed E-state index contributed by atoms with van der Waals surface area (Å²) >= 11 is 0. The van der Waals surface area contributed by atoms with E-state index in [0.29, 0.717) is 13.0 Å². The summed E-state index contributed by atoms with van der Waals surface area (Å²) in [6.07, 6.45) is 15.1. The highest BCUT2D eigenvalue weighted by atomic mass is 16.5. The quantitative estimate of drug-likeness (QED) is 0.367. The largest absolute Gasteiger partial charge is 0.466 e. The molecular weight excluding hydrogens is 224 g/mol. The molecule has 0 N–H and O–H groups in total. The van der Waals surface area contributed by atoms with Crippen molar-refractivity contribution in [1.29, 1.82) is 0 Å². The number of ether oxygens (including phenoxy) is 1. The molecule has 1 saturated carbocycles. The van der Waals surface area contributed by atoms with Gasteiger partial charge in [-0.3, -0.25) is 4.79 Å². The van der Waals surface area contributed by atoms with Gasteiger partial charge in [0.05, 0.1) is 6.61 Å². The van der Waals surface area contributed by atoms with Crippen LogP contribution in [0.3, 0.4) is 0 Å². The number of unbranched alkanes of at least 4 members (excludes halogenated alkanes) is 6. The Labute approximate surface area is 112 Å². The zero-order chi connectivity index (χ0) is 13.1. The minimum atomic E-state index is -0.0300. The van der Waals surface area contributed by atoms with E-state index in [9.17, 15) is 4.79 Å². The Morgan fingerprint density at radius 1 is 1.00 bits per heavy atom. The first-order valence-electron chi connectivity index (χ1n) is 7.98. The monoisotopic (exact) mass is 254 g/mol. The van der Waals surface area contributed by atoms with Gasteiger partial charge in [-0.1, -0.05) is 64.7 Å². The van der Waals surface area contributed by atoms with Gasteiger partial charge in [-0.15, -0.1) is 0 Å². The van der Waals surface area contributed by atoms with Crippen LogP contribution in [-0.2, 0) is 9.53 Å². The second-order valence-electron chi connectivity index (χ2n) is 5.68. The van der Waals surface area contributed by atoms with E-state index in [1.807, 2.05) is 6.92 Å². The third kappa shape index (κ3) is 9.49. The molecule has 0 unspecified atom stereocenters. The van der Waals surface area contributed by atoms with E-state index in [4.69, 9.17) is 4.74 Å². The summed E-state index contributed by atoms with van der Waals surface area (Å²) in [5, 5.41) is 0. The van der Waals surface area contributed by atoms with Gasteiger partial charge in [-0.25, -0.2) is 0 Å². The van der Waals surface area contributed by atoms with Crippen LogP contribution in [0.2, 0.25) is 0 Å². The molecule has 0 aliphatic heterocycles. The molecular formula is C16H30O2. The molecule has 1 rings (SSSR count). The van der Waals surface area contributed by atoms with E-state index in [1.54, 1.807) is 0 Å². The van der Waals surface area contributed by atoms with Gasteiger partial charge in [0, 0.05) is 6.42 Å². The first-order chi connectivity index (χ1) is 8.83. The molecule has 0 spiro atoms. The highest BCUT2D eigenvalue weighted by Crippen LogP contribution is 2.34. The van der Waals surface area contributed by atoms with E-state index in [-0.39, 0.29) is 5.97 Å². The Kier molecular flexibility index (Phi) is 8.97. The van der Waals surface area contributed by atoms with Crippen molar-refractivity contribution in [3.63, 3.8) is 0 Å². The van der Waals surface area contributed by atoms with Crippen LogP contribution < -0.4 is 0 Å². The SMILES string of the molecule is CCCC(=O)OCCCCCCCCCC1CC1. The lowest BCUT2D eigenvalue weighted by Gasteiger charge is -2.04. The number of hydrogen-bond acceptors (Lipinski definition) is 2. The van der Waals surface area contributed by atoms with Crippen molar-refractivity contribution in [1.82, 2.24) is 0 Å². The maximum atomic E-state index is 11.1. The number of hydrogen-bond donors (Lipinski definition) is 0. The summed E-state index contributed by atoms with van der Waals surface area (Å²) in [7, 11) is 0. The second kappa shape index (κ2) is 10.4. The van der Waals surface area contributed by atoms with Gasteiger partial charge in [0.2, 0.25) is 0 Å². The summed E-state index contributed by atoms with van der Waals surface area (Å²) in [4.78, 5) is 11.1. The van der Waals surface area contributed by atoms with Crippen molar-refractivity contribution in [2.75, 3.05) is 6.61 Å². The third-order valence-electron chi connectivity index (χ3n) is 3.67. The van der Waals surface area contributed by atoms with Crippen LogP contribution >= 0.6 is 0 Å².